The smallest absolute Gasteiger partial charge is 0.306 e. The van der Waals surface area contributed by atoms with E-state index >= 15 is 0 Å². The number of esters is 1. The average molecular weight is 349 g/mol. The average Bonchev–Trinajstić information content (AvgIpc) is 3.33. The van der Waals surface area contributed by atoms with Gasteiger partial charge in [-0.3, -0.25) is 4.79 Å². The van der Waals surface area contributed by atoms with Gasteiger partial charge in [-0.05, 0) is 25.3 Å². The molecule has 1 aliphatic carbocycles. The number of hydrogen-bond donors (Lipinski definition) is 1. The van der Waals surface area contributed by atoms with Crippen molar-refractivity contribution in [2.45, 2.75) is 76.0 Å². The van der Waals surface area contributed by atoms with E-state index in [0.717, 1.165) is 44.1 Å². The van der Waals surface area contributed by atoms with Gasteiger partial charge in [0.25, 0.3) is 0 Å². The molecule has 2 unspecified atom stereocenters. The summed E-state index contributed by atoms with van der Waals surface area (Å²) in [6.07, 6.45) is 11.5. The molecule has 1 N–H and O–H groups in total. The van der Waals surface area contributed by atoms with Gasteiger partial charge in [-0.25, -0.2) is 0 Å². The van der Waals surface area contributed by atoms with Crippen LogP contribution in [0.3, 0.4) is 0 Å². The van der Waals surface area contributed by atoms with Gasteiger partial charge >= 0.3 is 5.97 Å². The minimum Gasteiger partial charge on any atom is -0.469 e. The summed E-state index contributed by atoms with van der Waals surface area (Å²) in [6, 6.07) is 0. The highest BCUT2D eigenvalue weighted by molar-refractivity contribution is 5.70. The molecule has 1 saturated carbocycles. The van der Waals surface area contributed by atoms with Gasteiger partial charge in [0.1, 0.15) is 0 Å². The van der Waals surface area contributed by atoms with Gasteiger partial charge in [0.15, 0.2) is 5.82 Å². The fourth-order valence-corrected chi connectivity index (χ4v) is 4.18. The van der Waals surface area contributed by atoms with Crippen molar-refractivity contribution in [1.29, 1.82) is 0 Å². The minimum absolute atomic E-state index is 0.0216. The van der Waals surface area contributed by atoms with Gasteiger partial charge in [0.2, 0.25) is 5.89 Å². The van der Waals surface area contributed by atoms with Crippen molar-refractivity contribution in [2.24, 2.45) is 5.92 Å². The van der Waals surface area contributed by atoms with Crippen molar-refractivity contribution in [3.63, 3.8) is 0 Å². The van der Waals surface area contributed by atoms with E-state index in [1.807, 2.05) is 0 Å². The molecule has 1 aromatic rings. The lowest BCUT2D eigenvalue weighted by Crippen LogP contribution is -2.12. The molecule has 0 aromatic carbocycles. The highest BCUT2D eigenvalue weighted by atomic mass is 16.5. The Morgan fingerprint density at radius 1 is 1.32 bits per heavy atom. The molecule has 6 nitrogen and oxygen atoms in total. The van der Waals surface area contributed by atoms with E-state index in [1.165, 1.54) is 45.6 Å². The lowest BCUT2D eigenvalue weighted by Gasteiger charge is -2.22. The van der Waals surface area contributed by atoms with Crippen LogP contribution in [0.15, 0.2) is 4.52 Å². The van der Waals surface area contributed by atoms with Gasteiger partial charge in [0, 0.05) is 18.4 Å². The number of nitrogens with one attached hydrogen (secondary N) is 1. The van der Waals surface area contributed by atoms with Crippen molar-refractivity contribution >= 4 is 5.97 Å². The van der Waals surface area contributed by atoms with E-state index in [1.54, 1.807) is 0 Å². The second-order valence-electron chi connectivity index (χ2n) is 7.59. The molecule has 0 bridgehead atoms. The summed E-state index contributed by atoms with van der Waals surface area (Å²) in [4.78, 5) is 16.4. The SMILES string of the molecule is COC(=O)CC(CCCC1CCCCC1)c1nc(C2CCNC2)no1. The molecule has 140 valence electrons. The van der Waals surface area contributed by atoms with Crippen LogP contribution in [0.1, 0.15) is 87.8 Å². The molecular formula is C19H31N3O3. The zero-order valence-electron chi connectivity index (χ0n) is 15.3. The lowest BCUT2D eigenvalue weighted by molar-refractivity contribution is -0.141. The van der Waals surface area contributed by atoms with E-state index in [0.29, 0.717) is 18.2 Å². The molecule has 0 amide bonds. The van der Waals surface area contributed by atoms with Crippen molar-refractivity contribution in [3.05, 3.63) is 11.7 Å². The Morgan fingerprint density at radius 2 is 2.16 bits per heavy atom. The van der Waals surface area contributed by atoms with E-state index < -0.39 is 0 Å². The maximum Gasteiger partial charge on any atom is 0.306 e. The first-order chi connectivity index (χ1) is 12.3. The Kier molecular flexibility index (Phi) is 6.84. The number of carbonyl (C=O) groups is 1. The third-order valence-electron chi connectivity index (χ3n) is 5.76. The number of carbonyl (C=O) groups excluding carboxylic acids is 1. The zero-order chi connectivity index (χ0) is 17.5. The van der Waals surface area contributed by atoms with E-state index in [-0.39, 0.29) is 11.9 Å². The maximum atomic E-state index is 11.8. The van der Waals surface area contributed by atoms with Gasteiger partial charge in [-0.15, -0.1) is 0 Å². The lowest BCUT2D eigenvalue weighted by atomic mass is 9.84. The highest BCUT2D eigenvalue weighted by Crippen LogP contribution is 2.32. The fraction of sp³-hybridized carbons (Fsp3) is 0.842. The Hall–Kier alpha value is -1.43. The van der Waals surface area contributed by atoms with Crippen LogP contribution < -0.4 is 5.32 Å². The molecule has 1 saturated heterocycles. The Balaban J connectivity index is 1.57. The zero-order valence-corrected chi connectivity index (χ0v) is 15.3. The highest BCUT2D eigenvalue weighted by Gasteiger charge is 2.27. The fourth-order valence-electron chi connectivity index (χ4n) is 4.18. The first-order valence-electron chi connectivity index (χ1n) is 9.87. The predicted octanol–water partition coefficient (Wildman–Crippen LogP) is 3.54. The van der Waals surface area contributed by atoms with E-state index in [4.69, 9.17) is 9.26 Å². The summed E-state index contributed by atoms with van der Waals surface area (Å²) in [7, 11) is 1.44. The molecule has 2 fully saturated rings. The first-order valence-corrected chi connectivity index (χ1v) is 9.87. The monoisotopic (exact) mass is 349 g/mol. The van der Waals surface area contributed by atoms with E-state index in [2.05, 4.69) is 15.5 Å². The van der Waals surface area contributed by atoms with Crippen LogP contribution in [0.5, 0.6) is 0 Å². The summed E-state index contributed by atoms with van der Waals surface area (Å²) in [5.41, 5.74) is 0. The van der Waals surface area contributed by atoms with Crippen LogP contribution in [0.25, 0.3) is 0 Å². The molecule has 25 heavy (non-hydrogen) atoms. The molecule has 0 spiro atoms. The molecule has 0 radical (unpaired) electrons. The summed E-state index contributed by atoms with van der Waals surface area (Å²) in [5, 5.41) is 7.50. The molecule has 3 rings (SSSR count). The standard InChI is InChI=1S/C19H31N3O3/c1-24-17(23)12-15(9-5-8-14-6-3-2-4-7-14)19-21-18(22-25-19)16-10-11-20-13-16/h14-16,20H,2-13H2,1H3. The van der Waals surface area contributed by atoms with E-state index in [9.17, 15) is 4.79 Å². The molecule has 1 aliphatic heterocycles. The van der Waals surface area contributed by atoms with Crippen molar-refractivity contribution in [3.8, 4) is 0 Å². The van der Waals surface area contributed by atoms with Gasteiger partial charge in [-0.1, -0.05) is 50.1 Å². The summed E-state index contributed by atoms with van der Waals surface area (Å²) in [5.74, 6) is 2.35. The number of aromatic nitrogens is 2. The maximum absolute atomic E-state index is 11.8. The third kappa shape index (κ3) is 5.27. The van der Waals surface area contributed by atoms with Crippen molar-refractivity contribution in [1.82, 2.24) is 15.5 Å². The van der Waals surface area contributed by atoms with Crippen LogP contribution in [-0.2, 0) is 9.53 Å². The quantitative estimate of drug-likeness (QED) is 0.723. The topological polar surface area (TPSA) is 77.2 Å². The molecule has 6 heteroatoms. The van der Waals surface area contributed by atoms with Gasteiger partial charge in [0.05, 0.1) is 13.5 Å². The van der Waals surface area contributed by atoms with Crippen LogP contribution in [0.4, 0.5) is 0 Å². The number of nitrogens with zero attached hydrogens (tertiary/aromatic N) is 2. The predicted molar refractivity (Wildman–Crippen MR) is 94.3 cm³/mol. The van der Waals surface area contributed by atoms with Crippen molar-refractivity contribution in [2.75, 3.05) is 20.2 Å². The minimum atomic E-state index is -0.204. The largest absolute Gasteiger partial charge is 0.469 e. The molecule has 1 aromatic heterocycles. The third-order valence-corrected chi connectivity index (χ3v) is 5.76. The molecule has 2 aliphatic rings. The second-order valence-corrected chi connectivity index (χ2v) is 7.59. The summed E-state index contributed by atoms with van der Waals surface area (Å²) >= 11 is 0. The van der Waals surface area contributed by atoms with Crippen LogP contribution in [0.2, 0.25) is 0 Å². The van der Waals surface area contributed by atoms with Gasteiger partial charge in [-0.2, -0.15) is 4.98 Å². The van der Waals surface area contributed by atoms with Crippen molar-refractivity contribution < 1.29 is 14.1 Å². The van der Waals surface area contributed by atoms with Crippen LogP contribution in [0, 0.1) is 5.92 Å². The first kappa shape index (κ1) is 18.4. The van der Waals surface area contributed by atoms with Crippen LogP contribution in [-0.4, -0.2) is 36.3 Å². The second kappa shape index (κ2) is 9.32. The number of rotatable bonds is 8. The van der Waals surface area contributed by atoms with Crippen LogP contribution >= 0.6 is 0 Å². The Bertz CT molecular complexity index is 534. The summed E-state index contributed by atoms with van der Waals surface area (Å²) < 4.78 is 10.4. The molecular weight excluding hydrogens is 318 g/mol. The number of methoxy groups -OCH3 is 1. The Labute approximate surface area is 150 Å². The number of ether oxygens (including phenoxy) is 1. The molecule has 2 atom stereocenters. The number of hydrogen-bond acceptors (Lipinski definition) is 6. The Morgan fingerprint density at radius 3 is 2.88 bits per heavy atom. The summed E-state index contributed by atoms with van der Waals surface area (Å²) in [6.45, 7) is 1.91. The normalized spacial score (nSPS) is 22.8. The molecule has 2 heterocycles. The van der Waals surface area contributed by atoms with Gasteiger partial charge < -0.3 is 14.6 Å².